The van der Waals surface area contributed by atoms with Gasteiger partial charge in [-0.15, -0.1) is 0 Å². The van der Waals surface area contributed by atoms with Crippen LogP contribution in [0.1, 0.15) is 18.4 Å². The number of ether oxygens (including phenoxy) is 1. The third kappa shape index (κ3) is 3.91. The quantitative estimate of drug-likeness (QED) is 0.667. The van der Waals surface area contributed by atoms with Crippen molar-refractivity contribution in [3.8, 4) is 17.1 Å². The predicted molar refractivity (Wildman–Crippen MR) is 98.0 cm³/mol. The summed E-state index contributed by atoms with van der Waals surface area (Å²) in [5.74, 6) is 0.776. The smallest absolute Gasteiger partial charge is 0.309 e. The molecule has 132 valence electrons. The van der Waals surface area contributed by atoms with Crippen LogP contribution in [0.5, 0.6) is 5.75 Å². The molecule has 2 heterocycles. The van der Waals surface area contributed by atoms with Crippen molar-refractivity contribution in [1.29, 1.82) is 0 Å². The Kier molecular flexibility index (Phi) is 4.67. The highest BCUT2D eigenvalue weighted by molar-refractivity contribution is 6.30. The number of hydrogen-bond donors (Lipinski definition) is 0. The Balaban J connectivity index is 1.65. The van der Waals surface area contributed by atoms with E-state index in [4.69, 9.17) is 16.3 Å². The third-order valence-corrected chi connectivity index (χ3v) is 4.45. The van der Waals surface area contributed by atoms with Crippen LogP contribution in [0.4, 0.5) is 0 Å². The average molecular weight is 369 g/mol. The molecule has 7 heteroatoms. The summed E-state index contributed by atoms with van der Waals surface area (Å²) in [7, 11) is 0. The Morgan fingerprint density at radius 3 is 2.65 bits per heavy atom. The predicted octanol–water partition coefficient (Wildman–Crippen LogP) is 3.34. The highest BCUT2D eigenvalue weighted by Gasteiger charge is 2.24. The molecular weight excluding hydrogens is 352 g/mol. The lowest BCUT2D eigenvalue weighted by Crippen LogP contribution is -2.26. The van der Waals surface area contributed by atoms with E-state index in [0.29, 0.717) is 28.9 Å². The molecule has 0 atom stereocenters. The standard InChI is InChI=1S/C19H17ClN4O2/c20-15-5-3-14(4-6-15)12-26-18-9-16(17-10-21-7-8-22-17)23-24(19(18)25)11-13-1-2-13/h3-10,13H,1-2,11-12H2. The zero-order chi connectivity index (χ0) is 17.9. The summed E-state index contributed by atoms with van der Waals surface area (Å²) in [5.41, 5.74) is 1.89. The Hall–Kier alpha value is -2.73. The SMILES string of the molecule is O=c1c(OCc2ccc(Cl)cc2)cc(-c2cnccn2)nn1CC1CC1. The molecule has 1 aliphatic carbocycles. The van der Waals surface area contributed by atoms with Crippen molar-refractivity contribution in [1.82, 2.24) is 19.7 Å². The summed E-state index contributed by atoms with van der Waals surface area (Å²) in [6.45, 7) is 0.879. The van der Waals surface area contributed by atoms with Crippen LogP contribution in [0.25, 0.3) is 11.4 Å². The molecule has 4 rings (SSSR count). The normalized spacial score (nSPS) is 13.6. The molecule has 0 saturated heterocycles. The van der Waals surface area contributed by atoms with Crippen LogP contribution in [0.2, 0.25) is 5.02 Å². The summed E-state index contributed by atoms with van der Waals surface area (Å²) in [6, 6.07) is 8.96. The van der Waals surface area contributed by atoms with Gasteiger partial charge in [-0.2, -0.15) is 5.10 Å². The van der Waals surface area contributed by atoms with E-state index >= 15 is 0 Å². The molecule has 6 nitrogen and oxygen atoms in total. The fourth-order valence-corrected chi connectivity index (χ4v) is 2.71. The van der Waals surface area contributed by atoms with Crippen LogP contribution in [-0.4, -0.2) is 19.7 Å². The maximum absolute atomic E-state index is 12.7. The summed E-state index contributed by atoms with van der Waals surface area (Å²) in [4.78, 5) is 21.1. The van der Waals surface area contributed by atoms with E-state index in [1.807, 2.05) is 12.1 Å². The Bertz CT molecular complexity index is 954. The van der Waals surface area contributed by atoms with Crippen LogP contribution < -0.4 is 10.3 Å². The van der Waals surface area contributed by atoms with Gasteiger partial charge in [-0.25, -0.2) is 4.68 Å². The summed E-state index contributed by atoms with van der Waals surface area (Å²) >= 11 is 5.90. The Morgan fingerprint density at radius 1 is 1.15 bits per heavy atom. The minimum Gasteiger partial charge on any atom is -0.483 e. The maximum atomic E-state index is 12.7. The van der Waals surface area contributed by atoms with Gasteiger partial charge in [-0.3, -0.25) is 14.8 Å². The van der Waals surface area contributed by atoms with Gasteiger partial charge in [0.15, 0.2) is 5.75 Å². The van der Waals surface area contributed by atoms with Crippen molar-refractivity contribution >= 4 is 11.6 Å². The maximum Gasteiger partial charge on any atom is 0.309 e. The monoisotopic (exact) mass is 368 g/mol. The molecule has 2 aromatic heterocycles. The molecule has 0 amide bonds. The fourth-order valence-electron chi connectivity index (χ4n) is 2.59. The van der Waals surface area contributed by atoms with Crippen LogP contribution in [0.3, 0.4) is 0 Å². The molecule has 1 aromatic carbocycles. The minimum absolute atomic E-state index is 0.224. The summed E-state index contributed by atoms with van der Waals surface area (Å²) in [6.07, 6.45) is 7.08. The van der Waals surface area contributed by atoms with Gasteiger partial charge in [0.1, 0.15) is 18.0 Å². The Morgan fingerprint density at radius 2 is 1.96 bits per heavy atom. The fraction of sp³-hybridized carbons (Fsp3) is 0.263. The van der Waals surface area contributed by atoms with Gasteiger partial charge in [0, 0.05) is 30.0 Å². The first-order chi connectivity index (χ1) is 12.7. The van der Waals surface area contributed by atoms with Crippen LogP contribution >= 0.6 is 11.6 Å². The number of halogens is 1. The molecule has 0 aliphatic heterocycles. The molecule has 0 radical (unpaired) electrons. The van der Waals surface area contributed by atoms with Crippen molar-refractivity contribution < 1.29 is 4.74 Å². The van der Waals surface area contributed by atoms with Crippen molar-refractivity contribution in [3.63, 3.8) is 0 Å². The van der Waals surface area contributed by atoms with Crippen molar-refractivity contribution in [2.75, 3.05) is 0 Å². The lowest BCUT2D eigenvalue weighted by atomic mass is 10.2. The van der Waals surface area contributed by atoms with Crippen LogP contribution in [0.15, 0.2) is 53.7 Å². The second-order valence-corrected chi connectivity index (χ2v) is 6.77. The van der Waals surface area contributed by atoms with Gasteiger partial charge in [0.05, 0.1) is 6.20 Å². The lowest BCUT2D eigenvalue weighted by Gasteiger charge is -2.11. The van der Waals surface area contributed by atoms with Crippen LogP contribution in [-0.2, 0) is 13.2 Å². The zero-order valence-corrected chi connectivity index (χ0v) is 14.8. The Labute approximate surface area is 155 Å². The lowest BCUT2D eigenvalue weighted by molar-refractivity contribution is 0.296. The van der Waals surface area contributed by atoms with Crippen molar-refractivity contribution in [2.45, 2.75) is 26.0 Å². The van der Waals surface area contributed by atoms with Gasteiger partial charge in [0.2, 0.25) is 0 Å². The second kappa shape index (κ2) is 7.25. The number of aromatic nitrogens is 4. The highest BCUT2D eigenvalue weighted by atomic mass is 35.5. The molecule has 1 saturated carbocycles. The molecule has 0 spiro atoms. The van der Waals surface area contributed by atoms with Gasteiger partial charge >= 0.3 is 5.56 Å². The van der Waals surface area contributed by atoms with Gasteiger partial charge in [-0.05, 0) is 36.5 Å². The molecule has 26 heavy (non-hydrogen) atoms. The van der Waals surface area contributed by atoms with E-state index in [9.17, 15) is 4.79 Å². The summed E-state index contributed by atoms with van der Waals surface area (Å²) < 4.78 is 7.29. The number of benzene rings is 1. The van der Waals surface area contributed by atoms with Crippen molar-refractivity contribution in [3.05, 3.63) is 69.9 Å². The largest absolute Gasteiger partial charge is 0.483 e. The first-order valence-corrected chi connectivity index (χ1v) is 8.82. The van der Waals surface area contributed by atoms with E-state index in [1.165, 1.54) is 4.68 Å². The highest BCUT2D eigenvalue weighted by Crippen LogP contribution is 2.30. The van der Waals surface area contributed by atoms with Gasteiger partial charge in [-0.1, -0.05) is 23.7 Å². The van der Waals surface area contributed by atoms with Gasteiger partial charge in [0.25, 0.3) is 0 Å². The molecule has 3 aromatic rings. The molecule has 0 bridgehead atoms. The molecule has 1 aliphatic rings. The molecule has 1 fully saturated rings. The number of hydrogen-bond acceptors (Lipinski definition) is 5. The minimum atomic E-state index is -0.224. The van der Waals surface area contributed by atoms with Crippen molar-refractivity contribution in [2.24, 2.45) is 5.92 Å². The first kappa shape index (κ1) is 16.7. The summed E-state index contributed by atoms with van der Waals surface area (Å²) in [5, 5.41) is 5.12. The van der Waals surface area contributed by atoms with Gasteiger partial charge < -0.3 is 4.74 Å². The first-order valence-electron chi connectivity index (χ1n) is 8.45. The third-order valence-electron chi connectivity index (χ3n) is 4.20. The van der Waals surface area contributed by atoms with E-state index < -0.39 is 0 Å². The van der Waals surface area contributed by atoms with E-state index in [0.717, 1.165) is 18.4 Å². The second-order valence-electron chi connectivity index (χ2n) is 6.33. The van der Waals surface area contributed by atoms with E-state index in [-0.39, 0.29) is 17.9 Å². The average Bonchev–Trinajstić information content (AvgIpc) is 3.48. The van der Waals surface area contributed by atoms with Crippen LogP contribution in [0, 0.1) is 5.92 Å². The topological polar surface area (TPSA) is 69.9 Å². The molecule has 0 N–H and O–H groups in total. The number of nitrogens with zero attached hydrogens (tertiary/aromatic N) is 4. The van der Waals surface area contributed by atoms with E-state index in [1.54, 1.807) is 36.8 Å². The molecule has 0 unspecified atom stereocenters. The van der Waals surface area contributed by atoms with E-state index in [2.05, 4.69) is 15.1 Å². The molecular formula is C19H17ClN4O2. The number of rotatable bonds is 6. The zero-order valence-electron chi connectivity index (χ0n) is 14.0.